The normalized spacial score (nSPS) is 20.2. The minimum absolute atomic E-state index is 0.289. The van der Waals surface area contributed by atoms with E-state index >= 15 is 0 Å². The van der Waals surface area contributed by atoms with Crippen molar-refractivity contribution in [2.24, 2.45) is 5.73 Å². The van der Waals surface area contributed by atoms with Crippen LogP contribution in [-0.4, -0.2) is 36.2 Å². The van der Waals surface area contributed by atoms with Gasteiger partial charge in [0.2, 0.25) is 0 Å². The van der Waals surface area contributed by atoms with Crippen molar-refractivity contribution in [2.45, 2.75) is 25.3 Å². The zero-order valence-corrected chi connectivity index (χ0v) is 10.3. The van der Waals surface area contributed by atoms with Gasteiger partial charge in [-0.25, -0.2) is 0 Å². The van der Waals surface area contributed by atoms with Gasteiger partial charge in [-0.2, -0.15) is 0 Å². The second-order valence-electron chi connectivity index (χ2n) is 4.67. The van der Waals surface area contributed by atoms with Crippen LogP contribution in [-0.2, 0) is 6.42 Å². The van der Waals surface area contributed by atoms with Crippen molar-refractivity contribution in [3.8, 4) is 0 Å². The molecule has 1 aromatic carbocycles. The summed E-state index contributed by atoms with van der Waals surface area (Å²) in [5.41, 5.74) is 8.76. The Morgan fingerprint density at radius 3 is 2.88 bits per heavy atom. The molecule has 17 heavy (non-hydrogen) atoms. The number of hydrogen-bond donors (Lipinski definition) is 2. The van der Waals surface area contributed by atoms with Gasteiger partial charge in [-0.05, 0) is 36.9 Å². The van der Waals surface area contributed by atoms with Gasteiger partial charge in [0.1, 0.15) is 0 Å². The molecule has 0 saturated heterocycles. The topological polar surface area (TPSA) is 49.5 Å². The highest BCUT2D eigenvalue weighted by Crippen LogP contribution is 2.28. The number of hydrogen-bond acceptors (Lipinski definition) is 3. The molecule has 0 aliphatic carbocycles. The quantitative estimate of drug-likeness (QED) is 0.755. The third-order valence-corrected chi connectivity index (χ3v) is 3.60. The monoisotopic (exact) mass is 234 g/mol. The van der Waals surface area contributed by atoms with Gasteiger partial charge in [-0.3, -0.25) is 4.90 Å². The van der Waals surface area contributed by atoms with Crippen LogP contribution in [0.25, 0.3) is 0 Å². The molecule has 0 spiro atoms. The molecular formula is C14H22N2O. The summed E-state index contributed by atoms with van der Waals surface area (Å²) in [4.78, 5) is 2.46. The van der Waals surface area contributed by atoms with Crippen molar-refractivity contribution >= 4 is 0 Å². The van der Waals surface area contributed by atoms with E-state index in [1.807, 2.05) is 0 Å². The molecule has 0 bridgehead atoms. The highest BCUT2D eigenvalue weighted by atomic mass is 16.2. The Bertz CT molecular complexity index is 354. The van der Waals surface area contributed by atoms with Crippen molar-refractivity contribution < 1.29 is 5.11 Å². The van der Waals surface area contributed by atoms with Crippen LogP contribution in [0.5, 0.6) is 0 Å². The fraction of sp³-hybridized carbons (Fsp3) is 0.571. The van der Waals surface area contributed by atoms with Crippen molar-refractivity contribution in [3.05, 3.63) is 35.4 Å². The third-order valence-electron chi connectivity index (χ3n) is 3.60. The van der Waals surface area contributed by atoms with Crippen molar-refractivity contribution in [1.29, 1.82) is 0 Å². The van der Waals surface area contributed by atoms with Gasteiger partial charge in [0.25, 0.3) is 0 Å². The van der Waals surface area contributed by atoms with E-state index in [0.717, 1.165) is 32.4 Å². The highest BCUT2D eigenvalue weighted by Gasteiger charge is 2.25. The molecule has 94 valence electrons. The lowest BCUT2D eigenvalue weighted by Gasteiger charge is -2.36. The van der Waals surface area contributed by atoms with Gasteiger partial charge < -0.3 is 10.8 Å². The lowest BCUT2D eigenvalue weighted by molar-refractivity contribution is 0.179. The molecule has 0 fully saturated rings. The Kier molecular flexibility index (Phi) is 4.54. The molecule has 0 amide bonds. The van der Waals surface area contributed by atoms with E-state index in [-0.39, 0.29) is 6.61 Å². The number of rotatable bonds is 5. The van der Waals surface area contributed by atoms with E-state index in [4.69, 9.17) is 10.8 Å². The van der Waals surface area contributed by atoms with Gasteiger partial charge in [-0.1, -0.05) is 24.3 Å². The maximum atomic E-state index is 8.83. The van der Waals surface area contributed by atoms with Crippen LogP contribution < -0.4 is 5.73 Å². The SMILES string of the molecule is NCC1c2ccccc2CCN1CCCCO. The second-order valence-corrected chi connectivity index (χ2v) is 4.67. The summed E-state index contributed by atoms with van der Waals surface area (Å²) >= 11 is 0. The summed E-state index contributed by atoms with van der Waals surface area (Å²) in [6, 6.07) is 8.97. The number of nitrogens with two attached hydrogens (primary N) is 1. The number of fused-ring (bicyclic) bond motifs is 1. The smallest absolute Gasteiger partial charge is 0.0473 e. The number of benzene rings is 1. The maximum Gasteiger partial charge on any atom is 0.0473 e. The lowest BCUT2D eigenvalue weighted by atomic mass is 9.92. The van der Waals surface area contributed by atoms with Crippen LogP contribution in [0.4, 0.5) is 0 Å². The largest absolute Gasteiger partial charge is 0.396 e. The van der Waals surface area contributed by atoms with Gasteiger partial charge in [-0.15, -0.1) is 0 Å². The molecule has 1 aromatic rings. The summed E-state index contributed by atoms with van der Waals surface area (Å²) < 4.78 is 0. The van der Waals surface area contributed by atoms with E-state index in [1.165, 1.54) is 11.1 Å². The Morgan fingerprint density at radius 1 is 1.29 bits per heavy atom. The van der Waals surface area contributed by atoms with Crippen molar-refractivity contribution in [3.63, 3.8) is 0 Å². The Balaban J connectivity index is 2.06. The summed E-state index contributed by atoms with van der Waals surface area (Å²) in [5, 5.41) is 8.83. The first-order chi connectivity index (χ1) is 8.36. The summed E-state index contributed by atoms with van der Waals surface area (Å²) in [7, 11) is 0. The van der Waals surface area contributed by atoms with E-state index in [9.17, 15) is 0 Å². The van der Waals surface area contributed by atoms with Crippen LogP contribution >= 0.6 is 0 Å². The molecule has 1 aliphatic heterocycles. The predicted molar refractivity (Wildman–Crippen MR) is 69.8 cm³/mol. The Labute approximate surface area is 103 Å². The average Bonchev–Trinajstić information content (AvgIpc) is 2.38. The summed E-state index contributed by atoms with van der Waals surface area (Å²) in [5.74, 6) is 0. The average molecular weight is 234 g/mol. The van der Waals surface area contributed by atoms with Crippen molar-refractivity contribution in [1.82, 2.24) is 4.90 Å². The number of aliphatic hydroxyl groups excluding tert-OH is 1. The van der Waals surface area contributed by atoms with E-state index < -0.39 is 0 Å². The molecule has 1 unspecified atom stereocenters. The molecule has 1 heterocycles. The first kappa shape index (κ1) is 12.6. The van der Waals surface area contributed by atoms with Crippen LogP contribution in [0, 0.1) is 0 Å². The summed E-state index contributed by atoms with van der Waals surface area (Å²) in [6.07, 6.45) is 3.05. The molecule has 0 radical (unpaired) electrons. The third kappa shape index (κ3) is 2.86. The van der Waals surface area contributed by atoms with E-state index in [2.05, 4.69) is 29.2 Å². The summed E-state index contributed by atoms with van der Waals surface area (Å²) in [6.45, 7) is 3.09. The van der Waals surface area contributed by atoms with Gasteiger partial charge in [0.05, 0.1) is 0 Å². The van der Waals surface area contributed by atoms with Gasteiger partial charge >= 0.3 is 0 Å². The molecule has 2 rings (SSSR count). The van der Waals surface area contributed by atoms with E-state index in [0.29, 0.717) is 12.6 Å². The van der Waals surface area contributed by atoms with Gasteiger partial charge in [0, 0.05) is 25.7 Å². The molecule has 3 nitrogen and oxygen atoms in total. The molecule has 3 heteroatoms. The fourth-order valence-electron chi connectivity index (χ4n) is 2.67. The highest BCUT2D eigenvalue weighted by molar-refractivity contribution is 5.32. The molecular weight excluding hydrogens is 212 g/mol. The number of aliphatic hydroxyl groups is 1. The Hall–Kier alpha value is -0.900. The number of unbranched alkanes of at least 4 members (excludes halogenated alkanes) is 1. The molecule has 1 aliphatic rings. The second kappa shape index (κ2) is 6.15. The fourth-order valence-corrected chi connectivity index (χ4v) is 2.67. The molecule has 1 atom stereocenters. The minimum atomic E-state index is 0.289. The van der Waals surface area contributed by atoms with Crippen LogP contribution in [0.3, 0.4) is 0 Å². The van der Waals surface area contributed by atoms with Gasteiger partial charge in [0.15, 0.2) is 0 Å². The minimum Gasteiger partial charge on any atom is -0.396 e. The zero-order valence-electron chi connectivity index (χ0n) is 10.3. The maximum absolute atomic E-state index is 8.83. The first-order valence-electron chi connectivity index (χ1n) is 6.49. The van der Waals surface area contributed by atoms with Crippen LogP contribution in [0.2, 0.25) is 0 Å². The van der Waals surface area contributed by atoms with E-state index in [1.54, 1.807) is 0 Å². The standard InChI is InChI=1S/C14H22N2O/c15-11-14-13-6-2-1-5-12(13)7-9-16(14)8-3-4-10-17/h1-2,5-6,14,17H,3-4,7-11,15H2. The molecule has 3 N–H and O–H groups in total. The zero-order chi connectivity index (χ0) is 12.1. The van der Waals surface area contributed by atoms with Crippen LogP contribution in [0.1, 0.15) is 30.0 Å². The number of nitrogens with zero attached hydrogens (tertiary/aromatic N) is 1. The first-order valence-corrected chi connectivity index (χ1v) is 6.49. The molecule has 0 aromatic heterocycles. The predicted octanol–water partition coefficient (Wildman–Crippen LogP) is 1.32. The molecule has 0 saturated carbocycles. The lowest BCUT2D eigenvalue weighted by Crippen LogP contribution is -2.39. The van der Waals surface area contributed by atoms with Crippen LogP contribution in [0.15, 0.2) is 24.3 Å². The van der Waals surface area contributed by atoms with Crippen molar-refractivity contribution in [2.75, 3.05) is 26.2 Å². The Morgan fingerprint density at radius 2 is 2.12 bits per heavy atom.